The number of aromatic nitrogens is 1. The molecule has 3 N–H and O–H groups in total. The first-order chi connectivity index (χ1) is 11.6. The van der Waals surface area contributed by atoms with Crippen LogP contribution >= 0.6 is 0 Å². The molecule has 5 nitrogen and oxygen atoms in total. The summed E-state index contributed by atoms with van der Waals surface area (Å²) in [7, 11) is 0. The normalized spacial score (nSPS) is 13.8. The van der Waals surface area contributed by atoms with E-state index in [1.807, 2.05) is 24.3 Å². The molecule has 0 fully saturated rings. The zero-order chi connectivity index (χ0) is 16.8. The Bertz CT molecular complexity index is 1040. The van der Waals surface area contributed by atoms with Crippen molar-refractivity contribution in [3.63, 3.8) is 0 Å². The van der Waals surface area contributed by atoms with Crippen LogP contribution in [0, 0.1) is 0 Å². The summed E-state index contributed by atoms with van der Waals surface area (Å²) < 4.78 is 1.49. The van der Waals surface area contributed by atoms with Crippen LogP contribution < -0.4 is 11.3 Å². The Hall–Kier alpha value is -2.76. The van der Waals surface area contributed by atoms with E-state index in [4.69, 9.17) is 5.73 Å². The molecule has 1 heterocycles. The molecule has 1 aliphatic carbocycles. The van der Waals surface area contributed by atoms with E-state index in [-0.39, 0.29) is 24.4 Å². The number of aliphatic hydroxyl groups excluding tert-OH is 1. The van der Waals surface area contributed by atoms with Crippen molar-refractivity contribution >= 4 is 16.6 Å². The van der Waals surface area contributed by atoms with Gasteiger partial charge in [0.2, 0.25) is 0 Å². The standard InChI is InChI=1S/C19H16N2O3/c20-9-11(22)10-21-17-13-6-2-3-7-14(13)18(23)16(17)12-5-1-4-8-15(12)19(21)24/h1-8,11,22H,9-10,20H2. The molecule has 3 aromatic rings. The van der Waals surface area contributed by atoms with Gasteiger partial charge in [0.25, 0.3) is 5.56 Å². The second kappa shape index (κ2) is 5.40. The average Bonchev–Trinajstić information content (AvgIpc) is 2.92. The summed E-state index contributed by atoms with van der Waals surface area (Å²) in [5.41, 5.74) is 7.70. The van der Waals surface area contributed by atoms with Crippen molar-refractivity contribution in [1.82, 2.24) is 4.57 Å². The summed E-state index contributed by atoms with van der Waals surface area (Å²) in [6.07, 6.45) is -0.851. The van der Waals surface area contributed by atoms with E-state index in [2.05, 4.69) is 0 Å². The Morgan fingerprint density at radius 3 is 2.29 bits per heavy atom. The van der Waals surface area contributed by atoms with Crippen LogP contribution in [0.2, 0.25) is 0 Å². The zero-order valence-corrected chi connectivity index (χ0v) is 12.9. The van der Waals surface area contributed by atoms with E-state index in [1.54, 1.807) is 24.3 Å². The van der Waals surface area contributed by atoms with Gasteiger partial charge in [-0.15, -0.1) is 0 Å². The summed E-state index contributed by atoms with van der Waals surface area (Å²) in [6.45, 7) is 0.105. The van der Waals surface area contributed by atoms with Crippen molar-refractivity contribution < 1.29 is 9.90 Å². The molecule has 0 saturated heterocycles. The quantitative estimate of drug-likeness (QED) is 0.599. The Labute approximate surface area is 138 Å². The minimum absolute atomic E-state index is 0.0453. The third-order valence-electron chi connectivity index (χ3n) is 4.50. The number of benzene rings is 2. The second-order valence-electron chi connectivity index (χ2n) is 5.95. The molecule has 0 spiro atoms. The van der Waals surface area contributed by atoms with Gasteiger partial charge in [-0.1, -0.05) is 42.5 Å². The molecule has 120 valence electrons. The molecule has 1 atom stereocenters. The van der Waals surface area contributed by atoms with E-state index in [1.165, 1.54) is 4.57 Å². The van der Waals surface area contributed by atoms with E-state index >= 15 is 0 Å². The monoisotopic (exact) mass is 320 g/mol. The van der Waals surface area contributed by atoms with E-state index in [0.29, 0.717) is 27.6 Å². The first kappa shape index (κ1) is 14.8. The lowest BCUT2D eigenvalue weighted by Gasteiger charge is -2.17. The van der Waals surface area contributed by atoms with Gasteiger partial charge in [0.15, 0.2) is 5.78 Å². The largest absolute Gasteiger partial charge is 0.390 e. The number of nitrogens with two attached hydrogens (primary N) is 1. The number of carbonyl (C=O) groups is 1. The molecule has 5 heteroatoms. The molecule has 0 bridgehead atoms. The van der Waals surface area contributed by atoms with Crippen molar-refractivity contribution in [2.45, 2.75) is 12.6 Å². The molecule has 4 rings (SSSR count). The molecule has 0 radical (unpaired) electrons. The number of hydrogen-bond acceptors (Lipinski definition) is 4. The number of pyridine rings is 1. The summed E-state index contributed by atoms with van der Waals surface area (Å²) in [6, 6.07) is 14.3. The highest BCUT2D eigenvalue weighted by molar-refractivity contribution is 6.26. The Kier molecular flexibility index (Phi) is 3.33. The van der Waals surface area contributed by atoms with Crippen molar-refractivity contribution in [2.75, 3.05) is 6.54 Å². The van der Waals surface area contributed by atoms with Crippen LogP contribution in [0.4, 0.5) is 0 Å². The van der Waals surface area contributed by atoms with Crippen LogP contribution in [0.5, 0.6) is 0 Å². The van der Waals surface area contributed by atoms with Crippen LogP contribution in [0.25, 0.3) is 22.0 Å². The van der Waals surface area contributed by atoms with Crippen LogP contribution in [0.1, 0.15) is 15.9 Å². The number of nitrogens with zero attached hydrogens (tertiary/aromatic N) is 1. The van der Waals surface area contributed by atoms with E-state index < -0.39 is 6.10 Å². The Morgan fingerprint density at radius 1 is 0.958 bits per heavy atom. The number of ketones is 1. The van der Waals surface area contributed by atoms with Crippen molar-refractivity contribution in [1.29, 1.82) is 0 Å². The van der Waals surface area contributed by atoms with Crippen LogP contribution in [0.3, 0.4) is 0 Å². The zero-order valence-electron chi connectivity index (χ0n) is 12.9. The number of carbonyl (C=O) groups excluding carboxylic acids is 1. The molecule has 2 aromatic carbocycles. The lowest BCUT2D eigenvalue weighted by Crippen LogP contribution is -2.32. The Morgan fingerprint density at radius 2 is 1.58 bits per heavy atom. The highest BCUT2D eigenvalue weighted by Crippen LogP contribution is 2.39. The molecule has 1 unspecified atom stereocenters. The number of aliphatic hydroxyl groups is 1. The van der Waals surface area contributed by atoms with Crippen LogP contribution in [-0.4, -0.2) is 28.1 Å². The third kappa shape index (κ3) is 1.95. The van der Waals surface area contributed by atoms with Crippen LogP contribution in [0.15, 0.2) is 53.3 Å². The maximum absolute atomic E-state index is 13.0. The third-order valence-corrected chi connectivity index (χ3v) is 4.50. The van der Waals surface area contributed by atoms with Gasteiger partial charge in [-0.3, -0.25) is 9.59 Å². The van der Waals surface area contributed by atoms with E-state index in [0.717, 1.165) is 5.56 Å². The minimum atomic E-state index is -0.851. The fourth-order valence-electron chi connectivity index (χ4n) is 3.39. The highest BCUT2D eigenvalue weighted by atomic mass is 16.3. The minimum Gasteiger partial charge on any atom is -0.390 e. The maximum atomic E-state index is 13.0. The molecule has 0 amide bonds. The lowest BCUT2D eigenvalue weighted by atomic mass is 10.0. The fraction of sp³-hybridized carbons (Fsp3) is 0.158. The topological polar surface area (TPSA) is 85.3 Å². The fourth-order valence-corrected chi connectivity index (χ4v) is 3.39. The molecular formula is C19H16N2O3. The van der Waals surface area contributed by atoms with Gasteiger partial charge in [0.05, 0.1) is 23.9 Å². The molecule has 1 aliphatic rings. The summed E-state index contributed by atoms with van der Waals surface area (Å²) >= 11 is 0. The van der Waals surface area contributed by atoms with Gasteiger partial charge in [-0.2, -0.15) is 0 Å². The predicted octanol–water partition coefficient (Wildman–Crippen LogP) is 1.53. The van der Waals surface area contributed by atoms with Crippen molar-refractivity contribution in [3.05, 3.63) is 70.0 Å². The molecule has 0 aliphatic heterocycles. The predicted molar refractivity (Wildman–Crippen MR) is 92.1 cm³/mol. The van der Waals surface area contributed by atoms with Gasteiger partial charge in [-0.05, 0) is 6.07 Å². The first-order valence-corrected chi connectivity index (χ1v) is 7.81. The van der Waals surface area contributed by atoms with Gasteiger partial charge >= 0.3 is 0 Å². The highest BCUT2D eigenvalue weighted by Gasteiger charge is 2.32. The number of rotatable bonds is 3. The smallest absolute Gasteiger partial charge is 0.259 e. The first-order valence-electron chi connectivity index (χ1n) is 7.81. The summed E-state index contributed by atoms with van der Waals surface area (Å²) in [5.74, 6) is -0.0900. The van der Waals surface area contributed by atoms with Crippen molar-refractivity contribution in [2.24, 2.45) is 5.73 Å². The van der Waals surface area contributed by atoms with Gasteiger partial charge < -0.3 is 15.4 Å². The molecule has 0 saturated carbocycles. The maximum Gasteiger partial charge on any atom is 0.259 e. The molecular weight excluding hydrogens is 304 g/mol. The average molecular weight is 320 g/mol. The molecule has 1 aromatic heterocycles. The van der Waals surface area contributed by atoms with E-state index in [9.17, 15) is 14.7 Å². The number of hydrogen-bond donors (Lipinski definition) is 2. The molecule has 24 heavy (non-hydrogen) atoms. The lowest BCUT2D eigenvalue weighted by molar-refractivity contribution is 0.104. The SMILES string of the molecule is NCC(O)Cn1c2c(c3ccccc3c1=O)C(=O)c1ccccc1-2. The van der Waals surface area contributed by atoms with Gasteiger partial charge in [0.1, 0.15) is 0 Å². The summed E-state index contributed by atoms with van der Waals surface area (Å²) in [5, 5.41) is 11.1. The summed E-state index contributed by atoms with van der Waals surface area (Å²) in [4.78, 5) is 25.9. The van der Waals surface area contributed by atoms with Gasteiger partial charge in [0, 0.05) is 28.4 Å². The van der Waals surface area contributed by atoms with Crippen molar-refractivity contribution in [3.8, 4) is 11.3 Å². The number of fused-ring (bicyclic) bond motifs is 5. The van der Waals surface area contributed by atoms with Crippen LogP contribution in [-0.2, 0) is 6.54 Å². The second-order valence-corrected chi connectivity index (χ2v) is 5.95. The Balaban J connectivity index is 2.15. The van der Waals surface area contributed by atoms with Gasteiger partial charge in [-0.25, -0.2) is 0 Å².